The number of aromatic nitrogens is 1. The summed E-state index contributed by atoms with van der Waals surface area (Å²) in [4.78, 5) is 20.0. The van der Waals surface area contributed by atoms with Crippen molar-refractivity contribution in [2.24, 2.45) is 0 Å². The van der Waals surface area contributed by atoms with E-state index in [0.717, 1.165) is 31.9 Å². The zero-order valence-electron chi connectivity index (χ0n) is 11.8. The summed E-state index contributed by atoms with van der Waals surface area (Å²) in [5, 5.41) is 11.5. The number of piperazine rings is 1. The van der Waals surface area contributed by atoms with Gasteiger partial charge in [-0.15, -0.1) is 0 Å². The highest BCUT2D eigenvalue weighted by atomic mass is 16.1. The van der Waals surface area contributed by atoms with Crippen molar-refractivity contribution in [3.05, 3.63) is 24.0 Å². The molecule has 2 rings (SSSR count). The van der Waals surface area contributed by atoms with Crippen LogP contribution in [0.5, 0.6) is 0 Å². The summed E-state index contributed by atoms with van der Waals surface area (Å²) in [5.41, 5.74) is 1.43. The Morgan fingerprint density at radius 1 is 1.45 bits per heavy atom. The summed E-state index contributed by atoms with van der Waals surface area (Å²) in [7, 11) is 1.60. The Morgan fingerprint density at radius 3 is 2.75 bits per heavy atom. The van der Waals surface area contributed by atoms with Gasteiger partial charge in [-0.25, -0.2) is 0 Å². The first kappa shape index (κ1) is 14.3. The lowest BCUT2D eigenvalue weighted by Gasteiger charge is -2.37. The molecule has 2 heterocycles. The molecule has 1 atom stereocenters. The van der Waals surface area contributed by atoms with Gasteiger partial charge in [0.05, 0.1) is 12.1 Å². The molecule has 1 saturated heterocycles. The molecule has 1 amide bonds. The highest BCUT2D eigenvalue weighted by Crippen LogP contribution is 2.17. The third-order valence-electron chi connectivity index (χ3n) is 3.62. The molecule has 1 aromatic rings. The standard InChI is InChI=1S/C14H19N5O/c1-11(10-15)18-5-7-19(8-6-18)12-3-4-17-13(9-12)14(20)16-2/h3-4,9,11H,5-8H2,1-2H3,(H,16,20). The summed E-state index contributed by atoms with van der Waals surface area (Å²) < 4.78 is 0. The molecule has 0 saturated carbocycles. The molecule has 20 heavy (non-hydrogen) atoms. The number of anilines is 1. The average Bonchev–Trinajstić information content (AvgIpc) is 2.53. The molecular formula is C14H19N5O. The molecule has 1 N–H and O–H groups in total. The van der Waals surface area contributed by atoms with Gasteiger partial charge in [0.25, 0.3) is 5.91 Å². The van der Waals surface area contributed by atoms with Crippen LogP contribution in [0.15, 0.2) is 18.3 Å². The molecule has 6 nitrogen and oxygen atoms in total. The van der Waals surface area contributed by atoms with Crippen LogP contribution in [-0.2, 0) is 0 Å². The number of nitrogens with zero attached hydrogens (tertiary/aromatic N) is 4. The van der Waals surface area contributed by atoms with E-state index in [0.29, 0.717) is 5.69 Å². The number of pyridine rings is 1. The maximum Gasteiger partial charge on any atom is 0.269 e. The molecule has 1 aromatic heterocycles. The Balaban J connectivity index is 2.04. The third-order valence-corrected chi connectivity index (χ3v) is 3.62. The van der Waals surface area contributed by atoms with Crippen LogP contribution in [0.25, 0.3) is 0 Å². The van der Waals surface area contributed by atoms with E-state index in [4.69, 9.17) is 5.26 Å². The molecule has 1 unspecified atom stereocenters. The highest BCUT2D eigenvalue weighted by molar-refractivity contribution is 5.92. The van der Waals surface area contributed by atoms with Crippen LogP contribution < -0.4 is 10.2 Å². The van der Waals surface area contributed by atoms with Gasteiger partial charge in [0, 0.05) is 45.1 Å². The van der Waals surface area contributed by atoms with E-state index in [1.807, 2.05) is 19.1 Å². The zero-order valence-corrected chi connectivity index (χ0v) is 11.8. The Morgan fingerprint density at radius 2 is 2.15 bits per heavy atom. The predicted octanol–water partition coefficient (Wildman–Crippen LogP) is 0.475. The number of hydrogen-bond acceptors (Lipinski definition) is 5. The molecule has 1 aliphatic rings. The van der Waals surface area contributed by atoms with Gasteiger partial charge < -0.3 is 10.2 Å². The lowest BCUT2D eigenvalue weighted by atomic mass is 10.2. The van der Waals surface area contributed by atoms with Crippen molar-refractivity contribution >= 4 is 11.6 Å². The molecule has 1 fully saturated rings. The number of amides is 1. The van der Waals surface area contributed by atoms with Gasteiger partial charge in [-0.2, -0.15) is 5.26 Å². The molecule has 0 spiro atoms. The minimum atomic E-state index is -0.177. The highest BCUT2D eigenvalue weighted by Gasteiger charge is 2.21. The van der Waals surface area contributed by atoms with Gasteiger partial charge in [0.2, 0.25) is 0 Å². The molecule has 0 radical (unpaired) electrons. The molecular weight excluding hydrogens is 254 g/mol. The van der Waals surface area contributed by atoms with Gasteiger partial charge in [-0.1, -0.05) is 0 Å². The van der Waals surface area contributed by atoms with Crippen molar-refractivity contribution in [1.82, 2.24) is 15.2 Å². The number of nitriles is 1. The molecule has 0 aromatic carbocycles. The van der Waals surface area contributed by atoms with E-state index in [2.05, 4.69) is 26.2 Å². The topological polar surface area (TPSA) is 72.3 Å². The van der Waals surface area contributed by atoms with E-state index in [1.165, 1.54) is 0 Å². The second-order valence-electron chi connectivity index (χ2n) is 4.81. The summed E-state index contributed by atoms with van der Waals surface area (Å²) in [6, 6.07) is 5.94. The van der Waals surface area contributed by atoms with Crippen LogP contribution in [0.1, 0.15) is 17.4 Å². The third kappa shape index (κ3) is 3.06. The maximum absolute atomic E-state index is 11.6. The molecule has 6 heteroatoms. The van der Waals surface area contributed by atoms with Crippen molar-refractivity contribution in [1.29, 1.82) is 5.26 Å². The average molecular weight is 273 g/mol. The quantitative estimate of drug-likeness (QED) is 0.867. The van der Waals surface area contributed by atoms with Crippen LogP contribution in [0.3, 0.4) is 0 Å². The minimum absolute atomic E-state index is 0.0454. The first-order valence-corrected chi connectivity index (χ1v) is 6.72. The van der Waals surface area contributed by atoms with E-state index >= 15 is 0 Å². The van der Waals surface area contributed by atoms with Crippen LogP contribution in [0.4, 0.5) is 5.69 Å². The Labute approximate surface area is 119 Å². The molecule has 0 aliphatic carbocycles. The number of rotatable bonds is 3. The van der Waals surface area contributed by atoms with E-state index in [9.17, 15) is 4.79 Å². The van der Waals surface area contributed by atoms with Crippen LogP contribution in [0.2, 0.25) is 0 Å². The lowest BCUT2D eigenvalue weighted by Crippen LogP contribution is -2.49. The Hall–Kier alpha value is -2.13. The van der Waals surface area contributed by atoms with Crippen molar-refractivity contribution in [3.63, 3.8) is 0 Å². The first-order chi connectivity index (χ1) is 9.65. The Kier molecular flexibility index (Phi) is 4.53. The fourth-order valence-electron chi connectivity index (χ4n) is 2.32. The molecule has 106 valence electrons. The smallest absolute Gasteiger partial charge is 0.269 e. The van der Waals surface area contributed by atoms with Crippen LogP contribution in [-0.4, -0.2) is 55.1 Å². The molecule has 0 bridgehead atoms. The van der Waals surface area contributed by atoms with Crippen molar-refractivity contribution < 1.29 is 4.79 Å². The predicted molar refractivity (Wildman–Crippen MR) is 76.5 cm³/mol. The van der Waals surface area contributed by atoms with Gasteiger partial charge in [0.15, 0.2) is 0 Å². The SMILES string of the molecule is CNC(=O)c1cc(N2CCN(C(C)C#N)CC2)ccn1. The molecule has 1 aliphatic heterocycles. The number of carbonyl (C=O) groups is 1. The second-order valence-corrected chi connectivity index (χ2v) is 4.81. The van der Waals surface area contributed by atoms with Gasteiger partial charge in [-0.05, 0) is 19.1 Å². The van der Waals surface area contributed by atoms with Gasteiger partial charge in [0.1, 0.15) is 5.69 Å². The fourth-order valence-corrected chi connectivity index (χ4v) is 2.32. The first-order valence-electron chi connectivity index (χ1n) is 6.72. The fraction of sp³-hybridized carbons (Fsp3) is 0.500. The monoisotopic (exact) mass is 273 g/mol. The van der Waals surface area contributed by atoms with E-state index < -0.39 is 0 Å². The van der Waals surface area contributed by atoms with E-state index in [-0.39, 0.29) is 11.9 Å². The maximum atomic E-state index is 11.6. The Bertz CT molecular complexity index is 517. The minimum Gasteiger partial charge on any atom is -0.369 e. The van der Waals surface area contributed by atoms with E-state index in [1.54, 1.807) is 13.2 Å². The summed E-state index contributed by atoms with van der Waals surface area (Å²) in [5.74, 6) is -0.177. The van der Waals surface area contributed by atoms with Crippen LogP contribution in [0, 0.1) is 11.3 Å². The van der Waals surface area contributed by atoms with Crippen molar-refractivity contribution in [3.8, 4) is 6.07 Å². The number of hydrogen-bond donors (Lipinski definition) is 1. The second kappa shape index (κ2) is 6.35. The normalized spacial score (nSPS) is 17.4. The largest absolute Gasteiger partial charge is 0.369 e. The summed E-state index contributed by atoms with van der Waals surface area (Å²) >= 11 is 0. The summed E-state index contributed by atoms with van der Waals surface area (Å²) in [6.45, 7) is 5.33. The summed E-state index contributed by atoms with van der Waals surface area (Å²) in [6.07, 6.45) is 1.66. The van der Waals surface area contributed by atoms with Crippen LogP contribution >= 0.6 is 0 Å². The number of nitrogens with one attached hydrogen (secondary N) is 1. The van der Waals surface area contributed by atoms with Crippen molar-refractivity contribution in [2.45, 2.75) is 13.0 Å². The number of carbonyl (C=O) groups excluding carboxylic acids is 1. The van der Waals surface area contributed by atoms with Crippen molar-refractivity contribution in [2.75, 3.05) is 38.1 Å². The lowest BCUT2D eigenvalue weighted by molar-refractivity contribution is 0.0958. The zero-order chi connectivity index (χ0) is 14.5. The van der Waals surface area contributed by atoms with Gasteiger partial charge in [-0.3, -0.25) is 14.7 Å². The van der Waals surface area contributed by atoms with Gasteiger partial charge >= 0.3 is 0 Å².